The Morgan fingerprint density at radius 1 is 1.24 bits per heavy atom. The van der Waals surface area contributed by atoms with Gasteiger partial charge in [-0.2, -0.15) is 13.2 Å². The van der Waals surface area contributed by atoms with Crippen LogP contribution in [-0.4, -0.2) is 39.5 Å². The molecule has 1 aromatic heterocycles. The van der Waals surface area contributed by atoms with Gasteiger partial charge in [-0.25, -0.2) is 0 Å². The average Bonchev–Trinajstić information content (AvgIpc) is 3.44. The molecular weight excluding hydrogens is 461 g/mol. The Balaban J connectivity index is 1.72. The minimum Gasteiger partial charge on any atom is -0.497 e. The van der Waals surface area contributed by atoms with Gasteiger partial charge in [0.05, 0.1) is 35.1 Å². The maximum Gasteiger partial charge on any atom is 0.416 e. The van der Waals surface area contributed by atoms with E-state index in [1.807, 2.05) is 12.1 Å². The molecule has 8 nitrogen and oxygen atoms in total. The van der Waals surface area contributed by atoms with E-state index in [2.05, 4.69) is 10.2 Å². The largest absolute Gasteiger partial charge is 0.497 e. The lowest BCUT2D eigenvalue weighted by Crippen LogP contribution is -2.16. The summed E-state index contributed by atoms with van der Waals surface area (Å²) in [6, 6.07) is 9.60. The van der Waals surface area contributed by atoms with Crippen molar-refractivity contribution in [3.63, 3.8) is 0 Å². The van der Waals surface area contributed by atoms with Crippen molar-refractivity contribution >= 4 is 17.4 Å². The first-order valence-electron chi connectivity index (χ1n) is 9.99. The predicted octanol–water partition coefficient (Wildman–Crippen LogP) is 5.21. The van der Waals surface area contributed by atoms with E-state index in [4.69, 9.17) is 9.47 Å². The molecule has 1 fully saturated rings. The number of nitro benzene ring substituents is 1. The van der Waals surface area contributed by atoms with Gasteiger partial charge in [0.2, 0.25) is 0 Å². The maximum atomic E-state index is 13.0. The molecule has 174 valence electrons. The molecule has 1 aliphatic heterocycles. The summed E-state index contributed by atoms with van der Waals surface area (Å²) in [5.74, 6) is 1.18. The number of benzene rings is 2. The third-order valence-electron chi connectivity index (χ3n) is 5.16. The van der Waals surface area contributed by atoms with E-state index in [-0.39, 0.29) is 11.0 Å². The molecule has 1 atom stereocenters. The van der Waals surface area contributed by atoms with Gasteiger partial charge < -0.3 is 9.47 Å². The molecule has 0 saturated carbocycles. The van der Waals surface area contributed by atoms with Crippen molar-refractivity contribution in [1.29, 1.82) is 0 Å². The van der Waals surface area contributed by atoms with Crippen molar-refractivity contribution in [2.45, 2.75) is 41.7 Å². The highest BCUT2D eigenvalue weighted by Crippen LogP contribution is 2.39. The molecule has 1 aliphatic rings. The molecule has 0 aliphatic carbocycles. The Morgan fingerprint density at radius 3 is 2.61 bits per heavy atom. The zero-order chi connectivity index (χ0) is 23.6. The molecule has 0 spiro atoms. The zero-order valence-electron chi connectivity index (χ0n) is 17.4. The molecule has 33 heavy (non-hydrogen) atoms. The second kappa shape index (κ2) is 9.40. The second-order valence-corrected chi connectivity index (χ2v) is 8.33. The van der Waals surface area contributed by atoms with Gasteiger partial charge >= 0.3 is 6.18 Å². The minimum atomic E-state index is -4.69. The van der Waals surface area contributed by atoms with E-state index in [1.165, 1.54) is 0 Å². The van der Waals surface area contributed by atoms with Crippen LogP contribution in [0.2, 0.25) is 0 Å². The van der Waals surface area contributed by atoms with Gasteiger partial charge in [0.15, 0.2) is 11.0 Å². The van der Waals surface area contributed by atoms with Crippen LogP contribution in [0, 0.1) is 10.1 Å². The highest BCUT2D eigenvalue weighted by Gasteiger charge is 2.33. The number of rotatable bonds is 7. The highest BCUT2D eigenvalue weighted by molar-refractivity contribution is 7.99. The third-order valence-corrected chi connectivity index (χ3v) is 6.21. The van der Waals surface area contributed by atoms with Crippen LogP contribution in [0.15, 0.2) is 52.5 Å². The predicted molar refractivity (Wildman–Crippen MR) is 113 cm³/mol. The molecule has 0 amide bonds. The fraction of sp³-hybridized carbons (Fsp3) is 0.333. The Hall–Kier alpha value is -3.12. The number of nitrogens with zero attached hydrogens (tertiary/aromatic N) is 4. The molecule has 4 rings (SSSR count). The van der Waals surface area contributed by atoms with Crippen molar-refractivity contribution < 1.29 is 27.6 Å². The average molecular weight is 480 g/mol. The molecule has 3 aromatic rings. The van der Waals surface area contributed by atoms with E-state index in [0.29, 0.717) is 35.9 Å². The van der Waals surface area contributed by atoms with Gasteiger partial charge in [-0.1, -0.05) is 0 Å². The number of nitro groups is 1. The summed E-state index contributed by atoms with van der Waals surface area (Å²) in [7, 11) is 1.56. The lowest BCUT2D eigenvalue weighted by atomic mass is 10.2. The molecular formula is C21H19F3N4O4S. The van der Waals surface area contributed by atoms with E-state index < -0.39 is 22.4 Å². The number of ether oxygens (including phenoxy) is 2. The number of methoxy groups -OCH3 is 1. The molecule has 0 radical (unpaired) electrons. The highest BCUT2D eigenvalue weighted by atomic mass is 32.2. The fourth-order valence-corrected chi connectivity index (χ4v) is 4.42. The van der Waals surface area contributed by atoms with Crippen LogP contribution < -0.4 is 4.74 Å². The van der Waals surface area contributed by atoms with Crippen molar-refractivity contribution in [2.75, 3.05) is 13.7 Å². The topological polar surface area (TPSA) is 92.3 Å². The van der Waals surface area contributed by atoms with Gasteiger partial charge in [-0.15, -0.1) is 10.2 Å². The van der Waals surface area contributed by atoms with Crippen molar-refractivity contribution in [1.82, 2.24) is 14.8 Å². The molecule has 0 bridgehead atoms. The monoisotopic (exact) mass is 480 g/mol. The number of hydrogen-bond acceptors (Lipinski definition) is 7. The van der Waals surface area contributed by atoms with E-state index in [9.17, 15) is 23.3 Å². The first-order valence-corrected chi connectivity index (χ1v) is 10.8. The van der Waals surface area contributed by atoms with Crippen molar-refractivity contribution in [3.05, 3.63) is 58.1 Å². The van der Waals surface area contributed by atoms with Gasteiger partial charge in [0.25, 0.3) is 5.69 Å². The van der Waals surface area contributed by atoms with Gasteiger partial charge in [0.1, 0.15) is 5.75 Å². The second-order valence-electron chi connectivity index (χ2n) is 7.32. The SMILES string of the molecule is COc1ccc(-c2nnc(Sc3ccc(C(F)(F)F)cc3[N+](=O)[O-])n2CC2CCCO2)cc1. The van der Waals surface area contributed by atoms with Gasteiger partial charge in [-0.3, -0.25) is 14.7 Å². The van der Waals surface area contributed by atoms with Crippen molar-refractivity contribution in [3.8, 4) is 17.1 Å². The summed E-state index contributed by atoms with van der Waals surface area (Å²) in [5.41, 5.74) is -0.985. The Morgan fingerprint density at radius 2 is 2.00 bits per heavy atom. The van der Waals surface area contributed by atoms with E-state index in [1.54, 1.807) is 23.8 Å². The third kappa shape index (κ3) is 5.11. The van der Waals surface area contributed by atoms with Crippen LogP contribution in [0.1, 0.15) is 18.4 Å². The molecule has 1 unspecified atom stereocenters. The van der Waals surface area contributed by atoms with Crippen LogP contribution in [0.3, 0.4) is 0 Å². The first kappa shape index (κ1) is 23.1. The number of hydrogen-bond donors (Lipinski definition) is 0. The summed E-state index contributed by atoms with van der Waals surface area (Å²) in [5, 5.41) is 20.3. The van der Waals surface area contributed by atoms with Crippen LogP contribution in [0.4, 0.5) is 18.9 Å². The summed E-state index contributed by atoms with van der Waals surface area (Å²) in [4.78, 5) is 10.7. The standard InChI is InChI=1S/C21H19F3N4O4S/c1-31-15-7-4-13(5-8-15)19-25-26-20(27(19)12-16-3-2-10-32-16)33-18-9-6-14(21(22,23)24)11-17(18)28(29)30/h4-9,11,16H,2-3,10,12H2,1H3. The first-order chi connectivity index (χ1) is 15.8. The number of aromatic nitrogens is 3. The molecule has 1 saturated heterocycles. The van der Waals surface area contributed by atoms with Crippen LogP contribution in [0.25, 0.3) is 11.4 Å². The van der Waals surface area contributed by atoms with E-state index in [0.717, 1.165) is 42.3 Å². The van der Waals surface area contributed by atoms with Crippen LogP contribution in [-0.2, 0) is 17.5 Å². The van der Waals surface area contributed by atoms with E-state index >= 15 is 0 Å². The summed E-state index contributed by atoms with van der Waals surface area (Å²) < 4.78 is 51.8. The normalized spacial score (nSPS) is 16.2. The minimum absolute atomic E-state index is 0.0373. The summed E-state index contributed by atoms with van der Waals surface area (Å²) in [6.45, 7) is 1.04. The van der Waals surface area contributed by atoms with Crippen LogP contribution >= 0.6 is 11.8 Å². The van der Waals surface area contributed by atoms with Crippen LogP contribution in [0.5, 0.6) is 5.75 Å². The Kier molecular flexibility index (Phi) is 6.56. The van der Waals surface area contributed by atoms with Gasteiger partial charge in [-0.05, 0) is 61.0 Å². The fourth-order valence-electron chi connectivity index (χ4n) is 3.50. The Bertz CT molecular complexity index is 1150. The maximum absolute atomic E-state index is 13.0. The lowest BCUT2D eigenvalue weighted by Gasteiger charge is -2.15. The molecule has 2 aromatic carbocycles. The molecule has 2 heterocycles. The van der Waals surface area contributed by atoms with Gasteiger partial charge in [0, 0.05) is 18.2 Å². The quantitative estimate of drug-likeness (QED) is 0.339. The lowest BCUT2D eigenvalue weighted by molar-refractivity contribution is -0.388. The molecule has 12 heteroatoms. The Labute approximate surface area is 190 Å². The summed E-state index contributed by atoms with van der Waals surface area (Å²) in [6.07, 6.45) is -3.02. The summed E-state index contributed by atoms with van der Waals surface area (Å²) >= 11 is 0.895. The zero-order valence-corrected chi connectivity index (χ0v) is 18.2. The number of alkyl halides is 3. The smallest absolute Gasteiger partial charge is 0.416 e. The van der Waals surface area contributed by atoms with Crippen molar-refractivity contribution in [2.24, 2.45) is 0 Å². The molecule has 0 N–H and O–H groups in total. The number of halogens is 3.